The molecule has 0 saturated carbocycles. The minimum atomic E-state index is 0.968. The Balaban J connectivity index is 3.83. The van der Waals surface area contributed by atoms with Crippen molar-refractivity contribution in [2.24, 2.45) is 0 Å². The van der Waals surface area contributed by atoms with Crippen LogP contribution in [0.5, 0.6) is 0 Å². The van der Waals surface area contributed by atoms with Gasteiger partial charge in [-0.2, -0.15) is 0 Å². The minimum absolute atomic E-state index is 0.968. The van der Waals surface area contributed by atoms with Crippen molar-refractivity contribution >= 4 is 0 Å². The first kappa shape index (κ1) is 10.0. The summed E-state index contributed by atoms with van der Waals surface area (Å²) in [6, 6.07) is 0. The molecule has 0 nitrogen and oxygen atoms in total. The van der Waals surface area contributed by atoms with Gasteiger partial charge in [-0.15, -0.1) is 6.42 Å². The Morgan fingerprint density at radius 3 is 2.45 bits per heavy atom. The molecule has 0 unspecified atom stereocenters. The zero-order chi connectivity index (χ0) is 8.69. The van der Waals surface area contributed by atoms with Crippen LogP contribution in [0.15, 0.2) is 23.3 Å². The molecule has 0 aromatic rings. The SMILES string of the molecule is C#CC(C)=CCC=C(C)CC. The highest BCUT2D eigenvalue weighted by molar-refractivity contribution is 5.23. The Labute approximate surface area is 70.0 Å². The monoisotopic (exact) mass is 148 g/mol. The number of rotatable bonds is 3. The molecule has 0 spiro atoms. The predicted molar refractivity (Wildman–Crippen MR) is 51.3 cm³/mol. The van der Waals surface area contributed by atoms with Crippen LogP contribution in [0.2, 0.25) is 0 Å². The van der Waals surface area contributed by atoms with E-state index in [0.29, 0.717) is 0 Å². The van der Waals surface area contributed by atoms with Gasteiger partial charge in [0.25, 0.3) is 0 Å². The summed E-state index contributed by atoms with van der Waals surface area (Å²) in [5.74, 6) is 2.59. The van der Waals surface area contributed by atoms with Crippen molar-refractivity contribution in [2.45, 2.75) is 33.6 Å². The average Bonchev–Trinajstić information content (AvgIpc) is 2.04. The number of terminal acetylenes is 1. The molecule has 0 aliphatic heterocycles. The third kappa shape index (κ3) is 5.48. The van der Waals surface area contributed by atoms with Crippen molar-refractivity contribution < 1.29 is 0 Å². The molecule has 0 atom stereocenters. The molecular weight excluding hydrogens is 132 g/mol. The summed E-state index contributed by atoms with van der Waals surface area (Å²) in [5.41, 5.74) is 2.44. The second-order valence-electron chi connectivity index (χ2n) is 2.67. The molecule has 0 aliphatic carbocycles. The van der Waals surface area contributed by atoms with Crippen LogP contribution in [0.1, 0.15) is 33.6 Å². The van der Waals surface area contributed by atoms with Crippen LogP contribution < -0.4 is 0 Å². The van der Waals surface area contributed by atoms with Crippen molar-refractivity contribution in [3.05, 3.63) is 23.3 Å². The summed E-state index contributed by atoms with van der Waals surface area (Å²) in [6.45, 7) is 6.25. The highest BCUT2D eigenvalue weighted by atomic mass is 13.9. The molecule has 0 aromatic carbocycles. The smallest absolute Gasteiger partial charge is 0.00502 e. The van der Waals surface area contributed by atoms with E-state index in [9.17, 15) is 0 Å². The molecule has 0 amide bonds. The van der Waals surface area contributed by atoms with E-state index in [1.165, 1.54) is 5.57 Å². The second kappa shape index (κ2) is 5.80. The van der Waals surface area contributed by atoms with Crippen LogP contribution in [-0.2, 0) is 0 Å². The molecule has 0 saturated heterocycles. The lowest BCUT2D eigenvalue weighted by Crippen LogP contribution is -1.72. The maximum Gasteiger partial charge on any atom is -0.00502 e. The Bertz CT molecular complexity index is 199. The zero-order valence-electron chi connectivity index (χ0n) is 7.65. The molecule has 0 heterocycles. The van der Waals surface area contributed by atoms with Crippen LogP contribution in [0.3, 0.4) is 0 Å². The first-order valence-electron chi connectivity index (χ1n) is 3.99. The lowest BCUT2D eigenvalue weighted by Gasteiger charge is -1.91. The van der Waals surface area contributed by atoms with Gasteiger partial charge in [-0.25, -0.2) is 0 Å². The van der Waals surface area contributed by atoms with Crippen molar-refractivity contribution in [3.63, 3.8) is 0 Å². The summed E-state index contributed by atoms with van der Waals surface area (Å²) in [6.07, 6.45) is 11.6. The predicted octanol–water partition coefficient (Wildman–Crippen LogP) is 3.31. The summed E-state index contributed by atoms with van der Waals surface area (Å²) in [5, 5.41) is 0. The fourth-order valence-corrected chi connectivity index (χ4v) is 0.640. The van der Waals surface area contributed by atoms with E-state index in [0.717, 1.165) is 18.4 Å². The molecule has 0 radical (unpaired) electrons. The lowest BCUT2D eigenvalue weighted by atomic mass is 10.1. The van der Waals surface area contributed by atoms with Gasteiger partial charge in [0.15, 0.2) is 0 Å². The van der Waals surface area contributed by atoms with E-state index < -0.39 is 0 Å². The first-order chi connectivity index (χ1) is 5.20. The van der Waals surface area contributed by atoms with Gasteiger partial charge in [-0.1, -0.05) is 30.6 Å². The van der Waals surface area contributed by atoms with Crippen LogP contribution in [0.25, 0.3) is 0 Å². The first-order valence-corrected chi connectivity index (χ1v) is 3.99. The van der Waals surface area contributed by atoms with Gasteiger partial charge >= 0.3 is 0 Å². The lowest BCUT2D eigenvalue weighted by molar-refractivity contribution is 1.08. The van der Waals surface area contributed by atoms with Crippen LogP contribution in [-0.4, -0.2) is 0 Å². The largest absolute Gasteiger partial charge is 0.115 e. The molecule has 0 rings (SSSR count). The van der Waals surface area contributed by atoms with Gasteiger partial charge in [0.1, 0.15) is 0 Å². The molecule has 0 aromatic heterocycles. The third-order valence-corrected chi connectivity index (χ3v) is 1.68. The van der Waals surface area contributed by atoms with Gasteiger partial charge in [-0.3, -0.25) is 0 Å². The van der Waals surface area contributed by atoms with Crippen LogP contribution in [0.4, 0.5) is 0 Å². The maximum atomic E-state index is 5.18. The molecule has 0 aliphatic rings. The Morgan fingerprint density at radius 1 is 1.36 bits per heavy atom. The highest BCUT2D eigenvalue weighted by Gasteiger charge is 1.82. The average molecular weight is 148 g/mol. The maximum absolute atomic E-state index is 5.18. The van der Waals surface area contributed by atoms with E-state index in [2.05, 4.69) is 31.9 Å². The summed E-state index contributed by atoms with van der Waals surface area (Å²) >= 11 is 0. The standard InChI is InChI=1S/C11H16/c1-5-10(3)8-7-9-11(4)6-2/h1,8-9H,6-7H2,2-4H3. The van der Waals surface area contributed by atoms with Gasteiger partial charge in [-0.05, 0) is 32.3 Å². The van der Waals surface area contributed by atoms with E-state index in [1.54, 1.807) is 0 Å². The molecule has 0 heteroatoms. The number of hydrogen-bond acceptors (Lipinski definition) is 0. The molecule has 60 valence electrons. The Hall–Kier alpha value is -0.960. The summed E-state index contributed by atoms with van der Waals surface area (Å²) in [4.78, 5) is 0. The van der Waals surface area contributed by atoms with Gasteiger partial charge in [0, 0.05) is 0 Å². The minimum Gasteiger partial charge on any atom is -0.115 e. The fraction of sp³-hybridized carbons (Fsp3) is 0.455. The zero-order valence-corrected chi connectivity index (χ0v) is 7.65. The Kier molecular flexibility index (Phi) is 5.29. The Morgan fingerprint density at radius 2 is 2.00 bits per heavy atom. The van der Waals surface area contributed by atoms with E-state index in [1.807, 2.05) is 6.92 Å². The van der Waals surface area contributed by atoms with Crippen molar-refractivity contribution in [2.75, 3.05) is 0 Å². The third-order valence-electron chi connectivity index (χ3n) is 1.68. The van der Waals surface area contributed by atoms with Crippen molar-refractivity contribution in [1.82, 2.24) is 0 Å². The van der Waals surface area contributed by atoms with Crippen LogP contribution >= 0.6 is 0 Å². The topological polar surface area (TPSA) is 0 Å². The van der Waals surface area contributed by atoms with E-state index in [4.69, 9.17) is 6.42 Å². The summed E-state index contributed by atoms with van der Waals surface area (Å²) < 4.78 is 0. The molecule has 0 bridgehead atoms. The van der Waals surface area contributed by atoms with Crippen molar-refractivity contribution in [3.8, 4) is 12.3 Å². The molecule has 0 N–H and O–H groups in total. The molecule has 11 heavy (non-hydrogen) atoms. The number of allylic oxidation sites excluding steroid dienone is 4. The van der Waals surface area contributed by atoms with E-state index in [-0.39, 0.29) is 0 Å². The van der Waals surface area contributed by atoms with E-state index >= 15 is 0 Å². The normalized spacial score (nSPS) is 12.9. The van der Waals surface area contributed by atoms with Crippen molar-refractivity contribution in [1.29, 1.82) is 0 Å². The second-order valence-corrected chi connectivity index (χ2v) is 2.67. The fourth-order valence-electron chi connectivity index (χ4n) is 0.640. The molecule has 0 fully saturated rings. The van der Waals surface area contributed by atoms with Crippen LogP contribution in [0, 0.1) is 12.3 Å². The van der Waals surface area contributed by atoms with Gasteiger partial charge in [0.2, 0.25) is 0 Å². The van der Waals surface area contributed by atoms with Gasteiger partial charge < -0.3 is 0 Å². The number of hydrogen-bond donors (Lipinski definition) is 0. The quantitative estimate of drug-likeness (QED) is 0.425. The van der Waals surface area contributed by atoms with Gasteiger partial charge in [0.05, 0.1) is 0 Å². The molecular formula is C11H16. The highest BCUT2D eigenvalue weighted by Crippen LogP contribution is 2.01. The summed E-state index contributed by atoms with van der Waals surface area (Å²) in [7, 11) is 0.